The zero-order valence-electron chi connectivity index (χ0n) is 11.6. The monoisotopic (exact) mass is 236 g/mol. The normalized spacial score (nSPS) is 10.9. The first-order valence-electron chi connectivity index (χ1n) is 7.38. The maximum absolute atomic E-state index is 4.47. The Balaban J connectivity index is 2.15. The molecule has 0 spiro atoms. The second kappa shape index (κ2) is 9.26. The summed E-state index contributed by atoms with van der Waals surface area (Å²) in [6.07, 6.45) is 15.9. The Kier molecular flexibility index (Phi) is 7.78. The first kappa shape index (κ1) is 14.3. The summed E-state index contributed by atoms with van der Waals surface area (Å²) in [5.74, 6) is 1.29. The van der Waals surface area contributed by atoms with Gasteiger partial charge in [0.1, 0.15) is 5.82 Å². The molecule has 0 unspecified atom stereocenters. The molecule has 1 aromatic heterocycles. The van der Waals surface area contributed by atoms with Crippen molar-refractivity contribution in [3.8, 4) is 0 Å². The van der Waals surface area contributed by atoms with Crippen molar-refractivity contribution in [1.82, 2.24) is 9.55 Å². The molecule has 17 heavy (non-hydrogen) atoms. The van der Waals surface area contributed by atoms with Crippen molar-refractivity contribution in [2.24, 2.45) is 0 Å². The van der Waals surface area contributed by atoms with Crippen LogP contribution in [-0.4, -0.2) is 9.55 Å². The highest BCUT2D eigenvalue weighted by molar-refractivity contribution is 4.92. The average molecular weight is 236 g/mol. The SMILES string of the molecule is CCCCCCCCc1nccn1CCCC. The van der Waals surface area contributed by atoms with E-state index < -0.39 is 0 Å². The van der Waals surface area contributed by atoms with Crippen molar-refractivity contribution in [3.05, 3.63) is 18.2 Å². The predicted molar refractivity (Wildman–Crippen MR) is 74.2 cm³/mol. The Labute approximate surface area is 106 Å². The van der Waals surface area contributed by atoms with Gasteiger partial charge in [0, 0.05) is 25.4 Å². The Bertz CT molecular complexity index is 278. The third-order valence-electron chi connectivity index (χ3n) is 3.31. The summed E-state index contributed by atoms with van der Waals surface area (Å²) in [7, 11) is 0. The summed E-state index contributed by atoms with van der Waals surface area (Å²) in [4.78, 5) is 4.47. The van der Waals surface area contributed by atoms with Gasteiger partial charge in [-0.1, -0.05) is 52.4 Å². The molecule has 1 heterocycles. The van der Waals surface area contributed by atoms with Crippen LogP contribution in [0.5, 0.6) is 0 Å². The van der Waals surface area contributed by atoms with Crippen LogP contribution in [0.2, 0.25) is 0 Å². The fourth-order valence-corrected chi connectivity index (χ4v) is 2.16. The highest BCUT2D eigenvalue weighted by Gasteiger charge is 2.01. The molecule has 0 aliphatic rings. The summed E-state index contributed by atoms with van der Waals surface area (Å²) in [5, 5.41) is 0. The second-order valence-electron chi connectivity index (χ2n) is 4.91. The lowest BCUT2D eigenvalue weighted by molar-refractivity contribution is 0.567. The van der Waals surface area contributed by atoms with Crippen molar-refractivity contribution in [2.75, 3.05) is 0 Å². The third-order valence-corrected chi connectivity index (χ3v) is 3.31. The number of imidazole rings is 1. The van der Waals surface area contributed by atoms with Crippen LogP contribution in [0.15, 0.2) is 12.4 Å². The molecule has 0 radical (unpaired) electrons. The first-order chi connectivity index (χ1) is 8.38. The summed E-state index contributed by atoms with van der Waals surface area (Å²) in [6.45, 7) is 5.65. The van der Waals surface area contributed by atoms with E-state index >= 15 is 0 Å². The largest absolute Gasteiger partial charge is 0.335 e. The molecule has 1 rings (SSSR count). The molecule has 0 aliphatic heterocycles. The minimum absolute atomic E-state index is 1.14. The van der Waals surface area contributed by atoms with Gasteiger partial charge in [-0.25, -0.2) is 4.98 Å². The highest BCUT2D eigenvalue weighted by atomic mass is 15.1. The minimum atomic E-state index is 1.14. The van der Waals surface area contributed by atoms with Gasteiger partial charge in [-0.15, -0.1) is 0 Å². The maximum Gasteiger partial charge on any atom is 0.108 e. The van der Waals surface area contributed by atoms with Gasteiger partial charge in [-0.05, 0) is 12.8 Å². The summed E-state index contributed by atoms with van der Waals surface area (Å²) >= 11 is 0. The van der Waals surface area contributed by atoms with E-state index in [1.165, 1.54) is 57.2 Å². The fourth-order valence-electron chi connectivity index (χ4n) is 2.16. The van der Waals surface area contributed by atoms with E-state index in [0.29, 0.717) is 0 Å². The smallest absolute Gasteiger partial charge is 0.108 e. The Morgan fingerprint density at radius 1 is 0.941 bits per heavy atom. The minimum Gasteiger partial charge on any atom is -0.335 e. The number of hydrogen-bond acceptors (Lipinski definition) is 1. The molecule has 2 nitrogen and oxygen atoms in total. The standard InChI is InChI=1S/C15H28N2/c1-3-5-7-8-9-10-11-15-16-12-14-17(15)13-6-4-2/h12,14H,3-11,13H2,1-2H3. The molecule has 0 bridgehead atoms. The second-order valence-corrected chi connectivity index (χ2v) is 4.91. The van der Waals surface area contributed by atoms with Crippen LogP contribution in [0.3, 0.4) is 0 Å². The van der Waals surface area contributed by atoms with Gasteiger partial charge in [-0.2, -0.15) is 0 Å². The van der Waals surface area contributed by atoms with Crippen LogP contribution in [-0.2, 0) is 13.0 Å². The average Bonchev–Trinajstić information content (AvgIpc) is 2.78. The van der Waals surface area contributed by atoms with Crippen LogP contribution in [0.1, 0.15) is 71.0 Å². The van der Waals surface area contributed by atoms with E-state index in [0.717, 1.165) is 13.0 Å². The number of aromatic nitrogens is 2. The molecule has 0 saturated carbocycles. The Morgan fingerprint density at radius 2 is 1.65 bits per heavy atom. The Morgan fingerprint density at radius 3 is 2.41 bits per heavy atom. The van der Waals surface area contributed by atoms with E-state index in [2.05, 4.69) is 29.6 Å². The lowest BCUT2D eigenvalue weighted by Gasteiger charge is -2.06. The number of aryl methyl sites for hydroxylation is 2. The van der Waals surface area contributed by atoms with Crippen LogP contribution < -0.4 is 0 Å². The van der Waals surface area contributed by atoms with Gasteiger partial charge < -0.3 is 4.57 Å². The molecular formula is C15H28N2. The van der Waals surface area contributed by atoms with Crippen LogP contribution in [0.4, 0.5) is 0 Å². The number of nitrogens with zero attached hydrogens (tertiary/aromatic N) is 2. The summed E-state index contributed by atoms with van der Waals surface area (Å²) < 4.78 is 2.33. The van der Waals surface area contributed by atoms with Gasteiger partial charge in [-0.3, -0.25) is 0 Å². The van der Waals surface area contributed by atoms with Crippen LogP contribution >= 0.6 is 0 Å². The number of unbranched alkanes of at least 4 members (excludes halogenated alkanes) is 6. The van der Waals surface area contributed by atoms with E-state index in [-0.39, 0.29) is 0 Å². The van der Waals surface area contributed by atoms with Crippen molar-refractivity contribution in [3.63, 3.8) is 0 Å². The zero-order chi connectivity index (χ0) is 12.3. The number of hydrogen-bond donors (Lipinski definition) is 0. The van der Waals surface area contributed by atoms with Crippen LogP contribution in [0, 0.1) is 0 Å². The molecule has 0 fully saturated rings. The van der Waals surface area contributed by atoms with E-state index in [1.807, 2.05) is 6.20 Å². The molecule has 2 heteroatoms. The lowest BCUT2D eigenvalue weighted by atomic mass is 10.1. The quantitative estimate of drug-likeness (QED) is 0.543. The van der Waals surface area contributed by atoms with Gasteiger partial charge in [0.15, 0.2) is 0 Å². The molecule has 1 aromatic rings. The molecule has 0 aliphatic carbocycles. The van der Waals surface area contributed by atoms with E-state index in [9.17, 15) is 0 Å². The van der Waals surface area contributed by atoms with Crippen LogP contribution in [0.25, 0.3) is 0 Å². The van der Waals surface area contributed by atoms with Crippen molar-refractivity contribution in [1.29, 1.82) is 0 Å². The predicted octanol–water partition coefficient (Wildman–Crippen LogP) is 4.59. The zero-order valence-corrected chi connectivity index (χ0v) is 11.6. The summed E-state index contributed by atoms with van der Waals surface area (Å²) in [5.41, 5.74) is 0. The summed E-state index contributed by atoms with van der Waals surface area (Å²) in [6, 6.07) is 0. The van der Waals surface area contributed by atoms with Crippen molar-refractivity contribution in [2.45, 2.75) is 78.2 Å². The number of rotatable bonds is 10. The maximum atomic E-state index is 4.47. The lowest BCUT2D eigenvalue weighted by Crippen LogP contribution is -2.03. The van der Waals surface area contributed by atoms with Crippen molar-refractivity contribution < 1.29 is 0 Å². The van der Waals surface area contributed by atoms with Gasteiger partial charge in [0.05, 0.1) is 0 Å². The highest BCUT2D eigenvalue weighted by Crippen LogP contribution is 2.09. The van der Waals surface area contributed by atoms with Gasteiger partial charge in [0.25, 0.3) is 0 Å². The molecular weight excluding hydrogens is 208 g/mol. The van der Waals surface area contributed by atoms with Gasteiger partial charge in [0.2, 0.25) is 0 Å². The first-order valence-corrected chi connectivity index (χ1v) is 7.38. The molecule has 98 valence electrons. The molecule has 0 atom stereocenters. The molecule has 0 aromatic carbocycles. The topological polar surface area (TPSA) is 17.8 Å². The van der Waals surface area contributed by atoms with E-state index in [1.54, 1.807) is 0 Å². The molecule has 0 N–H and O–H groups in total. The van der Waals surface area contributed by atoms with Gasteiger partial charge >= 0.3 is 0 Å². The van der Waals surface area contributed by atoms with Crippen molar-refractivity contribution >= 4 is 0 Å². The molecule has 0 saturated heterocycles. The molecule has 0 amide bonds. The van der Waals surface area contributed by atoms with E-state index in [4.69, 9.17) is 0 Å². The fraction of sp³-hybridized carbons (Fsp3) is 0.800. The Hall–Kier alpha value is -0.790. The third kappa shape index (κ3) is 5.90.